The first-order valence-corrected chi connectivity index (χ1v) is 13.3. The van der Waals surface area contributed by atoms with Crippen molar-refractivity contribution < 1.29 is 38.3 Å². The summed E-state index contributed by atoms with van der Waals surface area (Å²) in [5.74, 6) is -1.86. The topological polar surface area (TPSA) is 131 Å². The minimum absolute atomic E-state index is 0.0334. The number of hydrogen-bond donors (Lipinski definition) is 0. The molecular formula is C33H29NO9. The van der Waals surface area contributed by atoms with Crippen molar-refractivity contribution in [2.24, 2.45) is 5.41 Å². The Morgan fingerprint density at radius 3 is 1.28 bits per heavy atom. The first-order chi connectivity index (χ1) is 20.8. The van der Waals surface area contributed by atoms with Crippen molar-refractivity contribution in [3.8, 4) is 0 Å². The van der Waals surface area contributed by atoms with Gasteiger partial charge in [0.15, 0.2) is 0 Å². The second kappa shape index (κ2) is 15.0. The lowest BCUT2D eigenvalue weighted by molar-refractivity contribution is -0.384. The summed E-state index contributed by atoms with van der Waals surface area (Å²) in [6, 6.07) is 30.9. The molecule has 0 N–H and O–H groups in total. The van der Waals surface area contributed by atoms with E-state index in [4.69, 9.17) is 18.9 Å². The van der Waals surface area contributed by atoms with Crippen LogP contribution in [0.2, 0.25) is 0 Å². The van der Waals surface area contributed by atoms with Gasteiger partial charge < -0.3 is 18.9 Å². The molecule has 43 heavy (non-hydrogen) atoms. The maximum absolute atomic E-state index is 12.9. The molecule has 0 bridgehead atoms. The molecule has 0 heterocycles. The van der Waals surface area contributed by atoms with Crippen LogP contribution < -0.4 is 0 Å². The van der Waals surface area contributed by atoms with Crippen LogP contribution in [0.1, 0.15) is 36.6 Å². The average Bonchev–Trinajstić information content (AvgIpc) is 3.06. The molecule has 0 atom stereocenters. The minimum atomic E-state index is -1.31. The first kappa shape index (κ1) is 30.6. The van der Waals surface area contributed by atoms with Crippen LogP contribution >= 0.6 is 0 Å². The van der Waals surface area contributed by atoms with Crippen LogP contribution in [0.5, 0.6) is 0 Å². The quantitative estimate of drug-likeness (QED) is 0.0797. The second-order valence-electron chi connectivity index (χ2n) is 9.74. The van der Waals surface area contributed by atoms with Crippen LogP contribution in [-0.2, 0) is 25.6 Å². The molecule has 10 heteroatoms. The molecule has 0 aliphatic heterocycles. The van der Waals surface area contributed by atoms with E-state index in [1.807, 2.05) is 0 Å². The van der Waals surface area contributed by atoms with Gasteiger partial charge in [-0.25, -0.2) is 14.4 Å². The van der Waals surface area contributed by atoms with Gasteiger partial charge >= 0.3 is 17.9 Å². The fraction of sp³-hybridized carbons (Fsp3) is 0.182. The third-order valence-electron chi connectivity index (χ3n) is 6.38. The van der Waals surface area contributed by atoms with Crippen molar-refractivity contribution in [2.45, 2.75) is 6.61 Å². The first-order valence-electron chi connectivity index (χ1n) is 13.3. The second-order valence-corrected chi connectivity index (χ2v) is 9.74. The monoisotopic (exact) mass is 583 g/mol. The molecule has 0 saturated carbocycles. The van der Waals surface area contributed by atoms with Crippen LogP contribution in [0, 0.1) is 15.5 Å². The van der Waals surface area contributed by atoms with Gasteiger partial charge in [0, 0.05) is 12.1 Å². The maximum Gasteiger partial charge on any atom is 0.338 e. The highest BCUT2D eigenvalue weighted by Crippen LogP contribution is 2.24. The number of ether oxygens (including phenoxy) is 4. The molecular weight excluding hydrogens is 554 g/mol. The van der Waals surface area contributed by atoms with E-state index >= 15 is 0 Å². The molecule has 220 valence electrons. The number of nitro groups is 1. The van der Waals surface area contributed by atoms with Gasteiger partial charge in [0.2, 0.25) is 0 Å². The predicted octanol–water partition coefficient (Wildman–Crippen LogP) is 5.67. The highest BCUT2D eigenvalue weighted by atomic mass is 16.6. The highest BCUT2D eigenvalue weighted by Gasteiger charge is 2.37. The summed E-state index contributed by atoms with van der Waals surface area (Å²) in [6.45, 7) is -1.07. The van der Waals surface area contributed by atoms with E-state index in [0.29, 0.717) is 22.3 Å². The Kier molecular flexibility index (Phi) is 10.7. The normalized spacial score (nSPS) is 10.9. The molecule has 0 unspecified atom stereocenters. The van der Waals surface area contributed by atoms with Crippen molar-refractivity contribution in [1.29, 1.82) is 0 Å². The Labute approximate surface area is 247 Å². The van der Waals surface area contributed by atoms with Crippen molar-refractivity contribution >= 4 is 23.6 Å². The van der Waals surface area contributed by atoms with Gasteiger partial charge in [-0.15, -0.1) is 0 Å². The summed E-state index contributed by atoms with van der Waals surface area (Å²) in [5, 5.41) is 11.0. The Morgan fingerprint density at radius 1 is 0.558 bits per heavy atom. The number of rotatable bonds is 14. The third-order valence-corrected chi connectivity index (χ3v) is 6.38. The molecule has 0 aliphatic rings. The fourth-order valence-corrected chi connectivity index (χ4v) is 3.98. The molecule has 0 aromatic heterocycles. The molecule has 10 nitrogen and oxygen atoms in total. The summed E-state index contributed by atoms with van der Waals surface area (Å²) in [7, 11) is 0. The van der Waals surface area contributed by atoms with E-state index in [-0.39, 0.29) is 38.7 Å². The molecule has 0 spiro atoms. The Balaban J connectivity index is 1.55. The summed E-state index contributed by atoms with van der Waals surface area (Å²) >= 11 is 0. The molecule has 4 rings (SSSR count). The van der Waals surface area contributed by atoms with Crippen LogP contribution in [0.15, 0.2) is 115 Å². The standard InChI is InChI=1S/C33H29NO9/c35-30(26-10-4-1-5-11-26)41-22-33(23-42-31(36)27-12-6-2-7-13-27,24-43-32(37)28-14-8-3-9-15-28)21-40-20-25-16-18-29(19-17-25)34(38)39/h1-19H,20-24H2. The summed E-state index contributed by atoms with van der Waals surface area (Å²) in [6.07, 6.45) is 0. The number of nitrogens with zero attached hydrogens (tertiary/aromatic N) is 1. The van der Waals surface area contributed by atoms with Crippen molar-refractivity contribution in [1.82, 2.24) is 0 Å². The summed E-state index contributed by atoms with van der Waals surface area (Å²) in [5.41, 5.74) is 0.206. The van der Waals surface area contributed by atoms with Gasteiger partial charge in [0.1, 0.15) is 19.8 Å². The molecule has 0 amide bonds. The smallest absolute Gasteiger partial charge is 0.338 e. The zero-order chi connectivity index (χ0) is 30.5. The Morgan fingerprint density at radius 2 is 0.930 bits per heavy atom. The predicted molar refractivity (Wildman–Crippen MR) is 155 cm³/mol. The maximum atomic E-state index is 12.9. The van der Waals surface area contributed by atoms with Crippen LogP contribution in [-0.4, -0.2) is 49.3 Å². The lowest BCUT2D eigenvalue weighted by atomic mass is 9.92. The van der Waals surface area contributed by atoms with E-state index in [2.05, 4.69) is 0 Å². The summed E-state index contributed by atoms with van der Waals surface area (Å²) < 4.78 is 22.9. The van der Waals surface area contributed by atoms with Crippen LogP contribution in [0.25, 0.3) is 0 Å². The Bertz CT molecular complexity index is 1370. The van der Waals surface area contributed by atoms with Crippen LogP contribution in [0.3, 0.4) is 0 Å². The molecule has 4 aromatic carbocycles. The van der Waals surface area contributed by atoms with Gasteiger partial charge in [-0.05, 0) is 54.1 Å². The molecule has 0 radical (unpaired) electrons. The lowest BCUT2D eigenvalue weighted by Crippen LogP contribution is -2.43. The number of esters is 3. The number of nitro benzene ring substituents is 1. The van der Waals surface area contributed by atoms with Crippen molar-refractivity contribution in [3.63, 3.8) is 0 Å². The number of benzene rings is 4. The van der Waals surface area contributed by atoms with Crippen molar-refractivity contribution in [2.75, 3.05) is 26.4 Å². The number of hydrogen-bond acceptors (Lipinski definition) is 9. The Hall–Kier alpha value is -5.35. The summed E-state index contributed by atoms with van der Waals surface area (Å²) in [4.78, 5) is 49.1. The number of carbonyl (C=O) groups excluding carboxylic acids is 3. The van der Waals surface area contributed by atoms with Gasteiger partial charge in [-0.3, -0.25) is 10.1 Å². The van der Waals surface area contributed by atoms with Crippen LogP contribution in [0.4, 0.5) is 5.69 Å². The van der Waals surface area contributed by atoms with E-state index < -0.39 is 28.2 Å². The number of non-ortho nitro benzene ring substituents is 1. The highest BCUT2D eigenvalue weighted by molar-refractivity contribution is 5.90. The minimum Gasteiger partial charge on any atom is -0.461 e. The largest absolute Gasteiger partial charge is 0.461 e. The van der Waals surface area contributed by atoms with E-state index in [9.17, 15) is 24.5 Å². The van der Waals surface area contributed by atoms with Gasteiger partial charge in [-0.1, -0.05) is 54.6 Å². The SMILES string of the molecule is O=C(OCC(COCc1ccc([N+](=O)[O-])cc1)(COC(=O)c1ccccc1)COC(=O)c1ccccc1)c1ccccc1. The van der Waals surface area contributed by atoms with Gasteiger partial charge in [-0.2, -0.15) is 0 Å². The van der Waals surface area contributed by atoms with E-state index in [1.54, 1.807) is 103 Å². The lowest BCUT2D eigenvalue weighted by Gasteiger charge is -2.32. The molecule has 0 saturated heterocycles. The van der Waals surface area contributed by atoms with Gasteiger partial charge in [0.25, 0.3) is 5.69 Å². The van der Waals surface area contributed by atoms with E-state index in [1.165, 1.54) is 12.1 Å². The number of carbonyl (C=O) groups is 3. The zero-order valence-electron chi connectivity index (χ0n) is 23.1. The fourth-order valence-electron chi connectivity index (χ4n) is 3.98. The average molecular weight is 584 g/mol. The van der Waals surface area contributed by atoms with Crippen molar-refractivity contribution in [3.05, 3.63) is 148 Å². The van der Waals surface area contributed by atoms with E-state index in [0.717, 1.165) is 0 Å². The molecule has 0 fully saturated rings. The molecule has 0 aliphatic carbocycles. The zero-order valence-corrected chi connectivity index (χ0v) is 23.1. The van der Waals surface area contributed by atoms with Gasteiger partial charge in [0.05, 0.1) is 40.2 Å². The molecule has 4 aromatic rings. The third kappa shape index (κ3) is 9.07.